The zero-order chi connectivity index (χ0) is 17.6. The molecule has 0 saturated heterocycles. The zero-order valence-electron chi connectivity index (χ0n) is 13.9. The molecule has 0 aliphatic carbocycles. The summed E-state index contributed by atoms with van der Waals surface area (Å²) in [6.07, 6.45) is 1.60. The minimum absolute atomic E-state index is 0.133. The van der Waals surface area contributed by atoms with E-state index in [0.717, 1.165) is 11.1 Å². The summed E-state index contributed by atoms with van der Waals surface area (Å²) in [6, 6.07) is 18.7. The summed E-state index contributed by atoms with van der Waals surface area (Å²) < 4.78 is 0. The molecule has 2 aromatic carbocycles. The van der Waals surface area contributed by atoms with E-state index >= 15 is 0 Å². The van der Waals surface area contributed by atoms with Crippen molar-refractivity contribution in [2.24, 2.45) is 0 Å². The summed E-state index contributed by atoms with van der Waals surface area (Å²) >= 11 is 0. The van der Waals surface area contributed by atoms with E-state index in [0.29, 0.717) is 16.8 Å². The van der Waals surface area contributed by atoms with E-state index in [1.807, 2.05) is 60.7 Å². The van der Waals surface area contributed by atoms with Crippen LogP contribution < -0.4 is 5.32 Å². The lowest BCUT2D eigenvalue weighted by Gasteiger charge is -2.16. The van der Waals surface area contributed by atoms with E-state index in [1.54, 1.807) is 13.1 Å². The first kappa shape index (κ1) is 16.8. The molecule has 0 bridgehead atoms. The Labute approximate surface area is 146 Å². The van der Waals surface area contributed by atoms with Crippen molar-refractivity contribution in [2.45, 2.75) is 13.0 Å². The molecule has 0 saturated carbocycles. The van der Waals surface area contributed by atoms with Crippen molar-refractivity contribution in [3.05, 3.63) is 72.4 Å². The molecule has 0 aliphatic rings. The number of nitrogens with one attached hydrogen (secondary N) is 1. The second-order valence-electron chi connectivity index (χ2n) is 5.77. The molecule has 0 fully saturated rings. The molecule has 126 valence electrons. The molecule has 2 N–H and O–H groups in total. The fourth-order valence-electron chi connectivity index (χ4n) is 2.59. The molecule has 5 heteroatoms. The number of carbonyl (C=O) groups excluding carboxylic acids is 1. The molecule has 25 heavy (non-hydrogen) atoms. The first-order valence-corrected chi connectivity index (χ1v) is 8.09. The minimum Gasteiger partial charge on any atom is -0.394 e. The first-order valence-electron chi connectivity index (χ1n) is 8.09. The smallest absolute Gasteiger partial charge is 0.254 e. The van der Waals surface area contributed by atoms with Gasteiger partial charge in [0.15, 0.2) is 0 Å². The number of hydrogen-bond donors (Lipinski definition) is 2. The van der Waals surface area contributed by atoms with Crippen LogP contribution in [0.25, 0.3) is 22.4 Å². The topological polar surface area (TPSA) is 75.1 Å². The first-order chi connectivity index (χ1) is 12.2. The summed E-state index contributed by atoms with van der Waals surface area (Å²) in [5.41, 5.74) is 3.38. The summed E-state index contributed by atoms with van der Waals surface area (Å²) in [5.74, 6) is -0.283. The Morgan fingerprint density at radius 1 is 1.04 bits per heavy atom. The van der Waals surface area contributed by atoms with Crippen LogP contribution in [-0.4, -0.2) is 33.9 Å². The molecular weight excluding hydrogens is 314 g/mol. The number of rotatable bonds is 5. The highest BCUT2D eigenvalue weighted by atomic mass is 16.3. The van der Waals surface area contributed by atoms with Gasteiger partial charge in [0.2, 0.25) is 0 Å². The van der Waals surface area contributed by atoms with E-state index in [9.17, 15) is 9.90 Å². The predicted octanol–water partition coefficient (Wildman–Crippen LogP) is 2.92. The second-order valence-corrected chi connectivity index (χ2v) is 5.77. The highest BCUT2D eigenvalue weighted by Crippen LogP contribution is 2.29. The Hall–Kier alpha value is -3.05. The maximum atomic E-state index is 12.9. The molecule has 0 spiro atoms. The van der Waals surface area contributed by atoms with Gasteiger partial charge in [-0.15, -0.1) is 5.10 Å². The third-order valence-corrected chi connectivity index (χ3v) is 3.86. The molecule has 1 unspecified atom stereocenters. The molecule has 1 aromatic heterocycles. The second kappa shape index (κ2) is 7.68. The number of amides is 1. The van der Waals surface area contributed by atoms with Gasteiger partial charge in [0.25, 0.3) is 5.91 Å². The van der Waals surface area contributed by atoms with Gasteiger partial charge in [0.05, 0.1) is 18.4 Å². The number of hydrogen-bond acceptors (Lipinski definition) is 4. The van der Waals surface area contributed by atoms with Crippen LogP contribution in [0.3, 0.4) is 0 Å². The van der Waals surface area contributed by atoms with E-state index in [4.69, 9.17) is 0 Å². The Morgan fingerprint density at radius 3 is 2.24 bits per heavy atom. The summed E-state index contributed by atoms with van der Waals surface area (Å²) in [7, 11) is 0. The maximum absolute atomic E-state index is 12.9. The van der Waals surface area contributed by atoms with Gasteiger partial charge in [-0.05, 0) is 12.5 Å². The quantitative estimate of drug-likeness (QED) is 0.753. The molecule has 1 amide bonds. The fourth-order valence-corrected chi connectivity index (χ4v) is 2.59. The highest BCUT2D eigenvalue weighted by Gasteiger charge is 2.21. The molecular formula is C20H19N3O2. The maximum Gasteiger partial charge on any atom is 0.254 e. The van der Waals surface area contributed by atoms with Crippen molar-refractivity contribution in [3.63, 3.8) is 0 Å². The van der Waals surface area contributed by atoms with Crippen molar-refractivity contribution in [1.29, 1.82) is 0 Å². The lowest BCUT2D eigenvalue weighted by atomic mass is 9.96. The highest BCUT2D eigenvalue weighted by molar-refractivity contribution is 6.05. The van der Waals surface area contributed by atoms with E-state index < -0.39 is 0 Å². The van der Waals surface area contributed by atoms with Crippen LogP contribution in [0.2, 0.25) is 0 Å². The normalized spacial score (nSPS) is 11.8. The van der Waals surface area contributed by atoms with Gasteiger partial charge < -0.3 is 10.4 Å². The Kier molecular flexibility index (Phi) is 5.16. The standard InChI is InChI=1S/C20H19N3O2/c1-14(13-24)22-20(25)18-17(15-8-4-2-5-9-15)12-21-23-19(18)16-10-6-3-7-11-16/h2-12,14,24H,13H2,1H3,(H,22,25). The van der Waals surface area contributed by atoms with Crippen molar-refractivity contribution < 1.29 is 9.90 Å². The van der Waals surface area contributed by atoms with Crippen molar-refractivity contribution in [2.75, 3.05) is 6.61 Å². The molecule has 3 aromatic rings. The summed E-state index contributed by atoms with van der Waals surface area (Å²) in [4.78, 5) is 12.9. The monoisotopic (exact) mass is 333 g/mol. The predicted molar refractivity (Wildman–Crippen MR) is 96.9 cm³/mol. The molecule has 1 heterocycles. The number of carbonyl (C=O) groups is 1. The Balaban J connectivity index is 2.18. The van der Waals surface area contributed by atoms with Crippen LogP contribution in [-0.2, 0) is 0 Å². The molecule has 0 radical (unpaired) electrons. The van der Waals surface area contributed by atoms with Gasteiger partial charge in [-0.2, -0.15) is 5.10 Å². The number of aliphatic hydroxyl groups excluding tert-OH is 1. The van der Waals surface area contributed by atoms with Gasteiger partial charge in [0, 0.05) is 17.2 Å². The van der Waals surface area contributed by atoms with Gasteiger partial charge in [0.1, 0.15) is 5.69 Å². The number of nitrogens with zero attached hydrogens (tertiary/aromatic N) is 2. The van der Waals surface area contributed by atoms with Gasteiger partial charge >= 0.3 is 0 Å². The fraction of sp³-hybridized carbons (Fsp3) is 0.150. The third kappa shape index (κ3) is 3.72. The third-order valence-electron chi connectivity index (χ3n) is 3.86. The largest absolute Gasteiger partial charge is 0.394 e. The molecule has 5 nitrogen and oxygen atoms in total. The lowest BCUT2D eigenvalue weighted by Crippen LogP contribution is -2.35. The van der Waals surface area contributed by atoms with Crippen molar-refractivity contribution in [1.82, 2.24) is 15.5 Å². The average Bonchev–Trinajstić information content (AvgIpc) is 2.68. The van der Waals surface area contributed by atoms with Gasteiger partial charge in [-0.3, -0.25) is 4.79 Å². The summed E-state index contributed by atoms with van der Waals surface area (Å²) in [6.45, 7) is 1.61. The SMILES string of the molecule is CC(CO)NC(=O)c1c(-c2ccccc2)cnnc1-c1ccccc1. The van der Waals surface area contributed by atoms with E-state index in [-0.39, 0.29) is 18.6 Å². The zero-order valence-corrected chi connectivity index (χ0v) is 13.9. The molecule has 1 atom stereocenters. The van der Waals surface area contributed by atoms with Crippen LogP contribution in [0.5, 0.6) is 0 Å². The average molecular weight is 333 g/mol. The lowest BCUT2D eigenvalue weighted by molar-refractivity contribution is 0.0923. The summed E-state index contributed by atoms with van der Waals surface area (Å²) in [5, 5.41) is 20.4. The van der Waals surface area contributed by atoms with Gasteiger partial charge in [-0.25, -0.2) is 0 Å². The van der Waals surface area contributed by atoms with Crippen LogP contribution in [0.15, 0.2) is 66.9 Å². The Morgan fingerprint density at radius 2 is 1.64 bits per heavy atom. The number of aliphatic hydroxyl groups is 1. The van der Waals surface area contributed by atoms with Gasteiger partial charge in [-0.1, -0.05) is 60.7 Å². The molecule has 3 rings (SSSR count). The van der Waals surface area contributed by atoms with Crippen LogP contribution >= 0.6 is 0 Å². The van der Waals surface area contributed by atoms with Crippen molar-refractivity contribution >= 4 is 5.91 Å². The minimum atomic E-state index is -0.354. The number of benzene rings is 2. The number of aromatic nitrogens is 2. The van der Waals surface area contributed by atoms with Crippen LogP contribution in [0, 0.1) is 0 Å². The molecule has 0 aliphatic heterocycles. The van der Waals surface area contributed by atoms with Crippen molar-refractivity contribution in [3.8, 4) is 22.4 Å². The van der Waals surface area contributed by atoms with Crippen LogP contribution in [0.1, 0.15) is 17.3 Å². The Bertz CT molecular complexity index is 794. The van der Waals surface area contributed by atoms with E-state index in [1.165, 1.54) is 0 Å². The van der Waals surface area contributed by atoms with Crippen LogP contribution in [0.4, 0.5) is 0 Å². The van der Waals surface area contributed by atoms with E-state index in [2.05, 4.69) is 15.5 Å².